The number of phenols is 1. The molecule has 0 amide bonds. The lowest BCUT2D eigenvalue weighted by molar-refractivity contribution is -0.144. The summed E-state index contributed by atoms with van der Waals surface area (Å²) in [4.78, 5) is 27.6. The monoisotopic (exact) mass is 595 g/mol. The zero-order chi connectivity index (χ0) is 27.7. The molecule has 2 aliphatic carbocycles. The van der Waals surface area contributed by atoms with Crippen molar-refractivity contribution in [1.82, 2.24) is 5.32 Å². The minimum absolute atomic E-state index is 0.000589. The Hall–Kier alpha value is -3.26. The summed E-state index contributed by atoms with van der Waals surface area (Å²) in [6.45, 7) is 4.06. The number of dihydropyridines is 1. The van der Waals surface area contributed by atoms with Gasteiger partial charge in [-0.25, -0.2) is 4.79 Å². The van der Waals surface area contributed by atoms with E-state index in [-0.39, 0.29) is 23.6 Å². The predicted octanol–water partition coefficient (Wildman–Crippen LogP) is 6.41. The van der Waals surface area contributed by atoms with Gasteiger partial charge in [-0.3, -0.25) is 4.79 Å². The molecule has 1 aliphatic heterocycles. The van der Waals surface area contributed by atoms with Crippen LogP contribution in [0.4, 0.5) is 0 Å². The topological polar surface area (TPSA) is 94.1 Å². The van der Waals surface area contributed by atoms with Crippen LogP contribution in [0.15, 0.2) is 63.4 Å². The van der Waals surface area contributed by atoms with Gasteiger partial charge in [-0.2, -0.15) is 0 Å². The molecule has 0 bridgehead atoms. The summed E-state index contributed by atoms with van der Waals surface area (Å²) in [5.74, 6) is -0.0247. The molecule has 0 saturated heterocycles. The summed E-state index contributed by atoms with van der Waals surface area (Å²) < 4.78 is 17.4. The van der Waals surface area contributed by atoms with Crippen molar-refractivity contribution >= 4 is 27.7 Å². The van der Waals surface area contributed by atoms with Crippen LogP contribution in [0.1, 0.15) is 75.3 Å². The van der Waals surface area contributed by atoms with E-state index < -0.39 is 11.9 Å². The van der Waals surface area contributed by atoms with Crippen molar-refractivity contribution in [2.24, 2.45) is 0 Å². The lowest BCUT2D eigenvalue weighted by Crippen LogP contribution is -2.36. The first-order valence-electron chi connectivity index (χ1n) is 13.5. The highest BCUT2D eigenvalue weighted by molar-refractivity contribution is 9.10. The van der Waals surface area contributed by atoms with Gasteiger partial charge in [0.1, 0.15) is 11.9 Å². The summed E-state index contributed by atoms with van der Waals surface area (Å²) in [5, 5.41) is 14.0. The number of Topliss-reactive ketones (excluding diaryl/α,β-unsaturated/α-hetero) is 1. The number of carbonyl (C=O) groups excluding carboxylic acids is 2. The molecule has 1 saturated carbocycles. The zero-order valence-electron chi connectivity index (χ0n) is 22.5. The van der Waals surface area contributed by atoms with E-state index in [2.05, 4.69) is 21.2 Å². The minimum Gasteiger partial charge on any atom is -0.503 e. The van der Waals surface area contributed by atoms with E-state index in [4.69, 9.17) is 14.2 Å². The van der Waals surface area contributed by atoms with Crippen molar-refractivity contribution in [3.63, 3.8) is 0 Å². The molecule has 7 nitrogen and oxygen atoms in total. The lowest BCUT2D eigenvalue weighted by Gasteiger charge is -2.37. The van der Waals surface area contributed by atoms with Crippen LogP contribution in [0.3, 0.4) is 0 Å². The van der Waals surface area contributed by atoms with E-state index in [0.29, 0.717) is 52.1 Å². The van der Waals surface area contributed by atoms with E-state index in [1.807, 2.05) is 38.1 Å². The number of halogens is 1. The number of rotatable bonds is 7. The van der Waals surface area contributed by atoms with Crippen molar-refractivity contribution < 1.29 is 28.9 Å². The Morgan fingerprint density at radius 3 is 2.49 bits per heavy atom. The van der Waals surface area contributed by atoms with E-state index in [1.165, 1.54) is 0 Å². The first-order valence-corrected chi connectivity index (χ1v) is 14.3. The number of phenolic OH excluding ortho intramolecular Hbond substituents is 1. The third-order valence-corrected chi connectivity index (χ3v) is 8.50. The first kappa shape index (κ1) is 27.3. The summed E-state index contributed by atoms with van der Waals surface area (Å²) in [6, 6.07) is 11.3. The average molecular weight is 597 g/mol. The molecule has 8 heteroatoms. The van der Waals surface area contributed by atoms with Crippen molar-refractivity contribution in [3.8, 4) is 17.2 Å². The molecule has 2 unspecified atom stereocenters. The number of ketones is 1. The van der Waals surface area contributed by atoms with Gasteiger partial charge in [0, 0.05) is 29.3 Å². The number of ether oxygens (including phenoxy) is 3. The molecule has 39 heavy (non-hydrogen) atoms. The molecular formula is C31H34BrNO6. The van der Waals surface area contributed by atoms with Gasteiger partial charge >= 0.3 is 5.97 Å². The van der Waals surface area contributed by atoms with Crippen LogP contribution in [-0.2, 0) is 14.3 Å². The van der Waals surface area contributed by atoms with Crippen LogP contribution in [-0.4, -0.2) is 36.7 Å². The van der Waals surface area contributed by atoms with Gasteiger partial charge in [0.05, 0.1) is 23.8 Å². The molecule has 206 valence electrons. The standard InChI is InChI=1S/C31H34BrNO6/c1-4-38-26-16-20(13-23(32)30(26)35)28-27(31(36)39-22-7-5-6-8-22)17(2)33-24-14-19(15-25(34)29(24)28)18-9-11-21(37-3)12-10-18/h9-13,16,19,22,28,33,35H,4-8,14-15H2,1-3H3. The Morgan fingerprint density at radius 2 is 1.82 bits per heavy atom. The number of benzene rings is 2. The van der Waals surface area contributed by atoms with E-state index in [1.54, 1.807) is 19.2 Å². The largest absolute Gasteiger partial charge is 0.503 e. The molecule has 0 aromatic heterocycles. The highest BCUT2D eigenvalue weighted by atomic mass is 79.9. The van der Waals surface area contributed by atoms with Gasteiger partial charge in [-0.1, -0.05) is 12.1 Å². The van der Waals surface area contributed by atoms with Gasteiger partial charge in [0.15, 0.2) is 17.3 Å². The highest BCUT2D eigenvalue weighted by Crippen LogP contribution is 2.48. The van der Waals surface area contributed by atoms with E-state index >= 15 is 0 Å². The predicted molar refractivity (Wildman–Crippen MR) is 151 cm³/mol. The average Bonchev–Trinajstić information content (AvgIpc) is 3.43. The zero-order valence-corrected chi connectivity index (χ0v) is 24.1. The Kier molecular flexibility index (Phi) is 8.03. The van der Waals surface area contributed by atoms with Crippen molar-refractivity contribution in [2.75, 3.05) is 13.7 Å². The molecule has 2 N–H and O–H groups in total. The number of methoxy groups -OCH3 is 1. The van der Waals surface area contributed by atoms with Gasteiger partial charge in [0.25, 0.3) is 0 Å². The molecule has 1 fully saturated rings. The SMILES string of the molecule is CCOc1cc(C2C(C(=O)OC3CCCC3)=C(C)NC3=C2C(=O)CC(c2ccc(OC)cc2)C3)cc(Br)c1O. The molecule has 1 heterocycles. The number of hydrogen-bond donors (Lipinski definition) is 2. The molecule has 2 aromatic carbocycles. The quantitative estimate of drug-likeness (QED) is 0.357. The molecule has 2 aromatic rings. The van der Waals surface area contributed by atoms with Crippen LogP contribution in [0.25, 0.3) is 0 Å². The van der Waals surface area contributed by atoms with Gasteiger partial charge < -0.3 is 24.6 Å². The highest BCUT2D eigenvalue weighted by Gasteiger charge is 2.42. The van der Waals surface area contributed by atoms with Crippen LogP contribution in [0.5, 0.6) is 17.2 Å². The molecular weight excluding hydrogens is 562 g/mol. The van der Waals surface area contributed by atoms with Crippen molar-refractivity contribution in [3.05, 3.63) is 74.5 Å². The van der Waals surface area contributed by atoms with Crippen LogP contribution in [0, 0.1) is 0 Å². The molecule has 0 radical (unpaired) electrons. The lowest BCUT2D eigenvalue weighted by atomic mass is 9.71. The first-order chi connectivity index (χ1) is 18.8. The van der Waals surface area contributed by atoms with Crippen LogP contribution >= 0.6 is 15.9 Å². The van der Waals surface area contributed by atoms with Crippen molar-refractivity contribution in [1.29, 1.82) is 0 Å². The number of esters is 1. The Morgan fingerprint density at radius 1 is 1.10 bits per heavy atom. The molecule has 0 spiro atoms. The number of allylic oxidation sites excluding steroid dienone is 3. The molecule has 3 aliphatic rings. The van der Waals surface area contributed by atoms with Gasteiger partial charge in [0.2, 0.25) is 0 Å². The summed E-state index contributed by atoms with van der Waals surface area (Å²) in [7, 11) is 1.63. The second-order valence-corrected chi connectivity index (χ2v) is 11.2. The maximum absolute atomic E-state index is 13.9. The summed E-state index contributed by atoms with van der Waals surface area (Å²) >= 11 is 3.44. The minimum atomic E-state index is -0.643. The van der Waals surface area contributed by atoms with Gasteiger partial charge in [-0.05, 0) is 103 Å². The van der Waals surface area contributed by atoms with Gasteiger partial charge in [-0.15, -0.1) is 0 Å². The second-order valence-electron chi connectivity index (χ2n) is 10.4. The molecule has 2 atom stereocenters. The normalized spacial score (nSPS) is 21.5. The number of nitrogens with one attached hydrogen (secondary N) is 1. The fourth-order valence-corrected chi connectivity index (χ4v) is 6.46. The fraction of sp³-hybridized carbons (Fsp3) is 0.419. The Balaban J connectivity index is 1.58. The molecule has 5 rings (SSSR count). The number of carbonyl (C=O) groups is 2. The van der Waals surface area contributed by atoms with Crippen LogP contribution in [0.2, 0.25) is 0 Å². The maximum atomic E-state index is 13.9. The summed E-state index contributed by atoms with van der Waals surface area (Å²) in [5.41, 5.74) is 4.24. The Labute approximate surface area is 237 Å². The van der Waals surface area contributed by atoms with E-state index in [0.717, 1.165) is 42.7 Å². The maximum Gasteiger partial charge on any atom is 0.337 e. The Bertz CT molecular complexity index is 1340. The third kappa shape index (κ3) is 5.44. The summed E-state index contributed by atoms with van der Waals surface area (Å²) in [6.07, 6.45) is 4.63. The third-order valence-electron chi connectivity index (χ3n) is 7.89. The fourth-order valence-electron chi connectivity index (χ4n) is 6.00. The second kappa shape index (κ2) is 11.5. The van der Waals surface area contributed by atoms with E-state index in [9.17, 15) is 14.7 Å². The number of aromatic hydroxyl groups is 1. The smallest absolute Gasteiger partial charge is 0.337 e. The van der Waals surface area contributed by atoms with Crippen LogP contribution < -0.4 is 14.8 Å². The van der Waals surface area contributed by atoms with Crippen molar-refractivity contribution in [2.45, 2.75) is 70.3 Å². The number of hydrogen-bond acceptors (Lipinski definition) is 7.